The van der Waals surface area contributed by atoms with Gasteiger partial charge in [0.1, 0.15) is 12.7 Å². The third-order valence-electron chi connectivity index (χ3n) is 7.88. The van der Waals surface area contributed by atoms with Gasteiger partial charge in [-0.15, -0.1) is 0 Å². The summed E-state index contributed by atoms with van der Waals surface area (Å²) in [6, 6.07) is 0. The summed E-state index contributed by atoms with van der Waals surface area (Å²) < 4.78 is 23.5. The second-order valence-corrected chi connectivity index (χ2v) is 14.6. The van der Waals surface area contributed by atoms with E-state index in [1.165, 1.54) is 64.2 Å². The van der Waals surface area contributed by atoms with Crippen LogP contribution < -0.4 is 0 Å². The lowest BCUT2D eigenvalue weighted by Crippen LogP contribution is -2.50. The minimum absolute atomic E-state index is 0.0570. The zero-order valence-electron chi connectivity index (χ0n) is 28.4. The van der Waals surface area contributed by atoms with Crippen molar-refractivity contribution in [3.63, 3.8) is 0 Å². The van der Waals surface area contributed by atoms with E-state index in [0.29, 0.717) is 12.8 Å². The van der Waals surface area contributed by atoms with Gasteiger partial charge in [-0.3, -0.25) is 9.36 Å². The molecule has 0 aliphatic carbocycles. The molecule has 0 fully saturated rings. The molecule has 0 aliphatic heterocycles. The Balaban J connectivity index is 3.91. The van der Waals surface area contributed by atoms with Gasteiger partial charge in [0.2, 0.25) is 0 Å². The van der Waals surface area contributed by atoms with Crippen LogP contribution in [-0.4, -0.2) is 82.7 Å². The van der Waals surface area contributed by atoms with Crippen molar-refractivity contribution >= 4 is 13.6 Å². The van der Waals surface area contributed by atoms with Gasteiger partial charge in [0.15, 0.2) is 12.1 Å². The summed E-state index contributed by atoms with van der Waals surface area (Å²) in [5.41, 5.74) is 0. The van der Waals surface area contributed by atoms with E-state index in [0.717, 1.165) is 32.1 Å². The van der Waals surface area contributed by atoms with Gasteiger partial charge in [-0.25, -0.2) is 0 Å². The lowest BCUT2D eigenvalue weighted by Gasteiger charge is -2.39. The highest BCUT2D eigenvalue weighted by atomic mass is 31.2. The summed E-state index contributed by atoms with van der Waals surface area (Å²) in [6.45, 7) is 3.67. The topological polar surface area (TPSA) is 134 Å². The summed E-state index contributed by atoms with van der Waals surface area (Å²) in [7, 11) is -0.670. The number of ether oxygens (including phenoxy) is 1. The average Bonchev–Trinajstić information content (AvgIpc) is 2.97. The predicted octanol–water partition coefficient (Wildman–Crippen LogP) is 7.37. The molecule has 260 valence electrons. The van der Waals surface area contributed by atoms with E-state index in [1.807, 2.05) is 6.92 Å². The van der Waals surface area contributed by atoms with Crippen LogP contribution in [-0.2, 0) is 18.6 Å². The number of carbonyl (C=O) groups excluding carboxylic acids is 1. The van der Waals surface area contributed by atoms with Crippen molar-refractivity contribution in [3.8, 4) is 0 Å². The van der Waals surface area contributed by atoms with Crippen molar-refractivity contribution < 1.29 is 43.3 Å². The smallest absolute Gasteiger partial charge is 0.385 e. The molecule has 10 heteroatoms. The lowest BCUT2D eigenvalue weighted by molar-refractivity contribution is -0.904. The summed E-state index contributed by atoms with van der Waals surface area (Å²) in [6.07, 6.45) is 25.4. The molecule has 0 heterocycles. The van der Waals surface area contributed by atoms with E-state index in [9.17, 15) is 29.6 Å². The molecule has 0 bridgehead atoms. The SMILES string of the molecule is CCCCC/C=C\CCCC/C=C\CCCCCCCCC(=O)OC[C@@H](O)COP(=O)(O)C(CCC)[N+](C)(C)CCC(O)O. The molecule has 0 rings (SSSR count). The van der Waals surface area contributed by atoms with Crippen LogP contribution in [0.2, 0.25) is 0 Å². The Morgan fingerprint density at radius 2 is 1.23 bits per heavy atom. The van der Waals surface area contributed by atoms with Crippen LogP contribution in [0, 0.1) is 0 Å². The van der Waals surface area contributed by atoms with Gasteiger partial charge in [-0.05, 0) is 64.2 Å². The standard InChI is InChI=1S/C34H66NO8P/c1-5-7-8-9-10-11-12-13-14-15-16-17-18-19-20-21-22-23-24-26-34(39)42-29-31(36)30-43-44(40,41)32(25-6-2)35(3,4)28-27-33(37)38/h10-11,16-17,31-33,36-38H,5-9,12-15,18-30H2,1-4H3/p+1/b11-10-,17-16-/t31-,32?/m1/s1. The van der Waals surface area contributed by atoms with Gasteiger partial charge in [0.25, 0.3) is 0 Å². The normalized spacial score (nSPS) is 15.3. The monoisotopic (exact) mass is 648 g/mol. The van der Waals surface area contributed by atoms with Crippen molar-refractivity contribution in [1.29, 1.82) is 0 Å². The van der Waals surface area contributed by atoms with E-state index in [-0.39, 0.29) is 30.5 Å². The zero-order valence-corrected chi connectivity index (χ0v) is 29.3. The Kier molecular flexibility index (Phi) is 26.4. The first-order valence-corrected chi connectivity index (χ1v) is 18.9. The number of aliphatic hydroxyl groups is 3. The highest BCUT2D eigenvalue weighted by Crippen LogP contribution is 2.52. The Morgan fingerprint density at radius 1 is 0.727 bits per heavy atom. The second-order valence-electron chi connectivity index (χ2n) is 12.6. The minimum atomic E-state index is -4.15. The third-order valence-corrected chi connectivity index (χ3v) is 10.0. The summed E-state index contributed by atoms with van der Waals surface area (Å²) in [5.74, 6) is -1.18. The van der Waals surface area contributed by atoms with Crippen LogP contribution in [0.3, 0.4) is 0 Å². The number of aliphatic hydroxyl groups excluding tert-OH is 2. The largest absolute Gasteiger partial charge is 0.463 e. The maximum Gasteiger partial charge on any atom is 0.385 e. The molecule has 0 radical (unpaired) electrons. The van der Waals surface area contributed by atoms with Gasteiger partial charge in [0, 0.05) is 19.3 Å². The zero-order chi connectivity index (χ0) is 33.1. The average molecular weight is 649 g/mol. The molecule has 2 unspecified atom stereocenters. The molecule has 0 saturated heterocycles. The van der Waals surface area contributed by atoms with Gasteiger partial charge >= 0.3 is 13.6 Å². The highest BCUT2D eigenvalue weighted by Gasteiger charge is 2.44. The summed E-state index contributed by atoms with van der Waals surface area (Å²) in [4.78, 5) is 22.7. The van der Waals surface area contributed by atoms with Gasteiger partial charge in [-0.1, -0.05) is 76.7 Å². The number of esters is 1. The Bertz CT molecular complexity index is 802. The number of nitrogens with zero attached hydrogens (tertiary/aromatic N) is 1. The van der Waals surface area contributed by atoms with E-state index in [1.54, 1.807) is 14.1 Å². The first kappa shape index (κ1) is 42.9. The number of rotatable bonds is 30. The molecular weight excluding hydrogens is 581 g/mol. The van der Waals surface area contributed by atoms with E-state index in [4.69, 9.17) is 9.26 Å². The molecule has 44 heavy (non-hydrogen) atoms. The van der Waals surface area contributed by atoms with Crippen molar-refractivity contribution in [1.82, 2.24) is 0 Å². The molecular formula is C34H67NO8P+. The number of quaternary nitrogens is 1. The maximum atomic E-state index is 13.0. The molecule has 9 nitrogen and oxygen atoms in total. The van der Waals surface area contributed by atoms with E-state index >= 15 is 0 Å². The molecule has 0 aromatic rings. The molecule has 0 saturated carbocycles. The number of allylic oxidation sites excluding steroid dienone is 4. The van der Waals surface area contributed by atoms with E-state index < -0.39 is 38.3 Å². The van der Waals surface area contributed by atoms with Gasteiger partial charge < -0.3 is 34.0 Å². The minimum Gasteiger partial charge on any atom is -0.463 e. The summed E-state index contributed by atoms with van der Waals surface area (Å²) in [5, 5.41) is 28.6. The fraction of sp³-hybridized carbons (Fsp3) is 0.853. The number of hydrogen-bond donors (Lipinski definition) is 4. The van der Waals surface area contributed by atoms with Crippen molar-refractivity contribution in [2.75, 3.05) is 33.9 Å². The van der Waals surface area contributed by atoms with Gasteiger partial charge in [-0.2, -0.15) is 0 Å². The predicted molar refractivity (Wildman–Crippen MR) is 179 cm³/mol. The summed E-state index contributed by atoms with van der Waals surface area (Å²) >= 11 is 0. The Hall–Kier alpha value is -1.06. The second kappa shape index (κ2) is 27.1. The van der Waals surface area contributed by atoms with Crippen molar-refractivity contribution in [2.45, 2.75) is 154 Å². The quantitative estimate of drug-likeness (QED) is 0.0158. The number of hydrogen-bond acceptors (Lipinski definition) is 7. The first-order valence-electron chi connectivity index (χ1n) is 17.3. The van der Waals surface area contributed by atoms with Crippen LogP contribution in [0.1, 0.15) is 136 Å². The third kappa shape index (κ3) is 24.2. The van der Waals surface area contributed by atoms with Gasteiger partial charge in [0.05, 0.1) is 27.2 Å². The molecule has 3 atom stereocenters. The molecule has 0 amide bonds. The molecule has 0 spiro atoms. The molecule has 0 aromatic carbocycles. The maximum absolute atomic E-state index is 13.0. The van der Waals surface area contributed by atoms with Crippen LogP contribution in [0.4, 0.5) is 0 Å². The van der Waals surface area contributed by atoms with Crippen LogP contribution in [0.15, 0.2) is 24.3 Å². The Labute approximate surface area is 268 Å². The molecule has 0 aromatic heterocycles. The lowest BCUT2D eigenvalue weighted by atomic mass is 10.1. The van der Waals surface area contributed by atoms with Crippen molar-refractivity contribution in [2.24, 2.45) is 0 Å². The van der Waals surface area contributed by atoms with Crippen LogP contribution >= 0.6 is 7.60 Å². The van der Waals surface area contributed by atoms with E-state index in [2.05, 4.69) is 31.2 Å². The molecule has 0 aliphatic rings. The number of unbranched alkanes of at least 4 members (excludes halogenated alkanes) is 12. The Morgan fingerprint density at radius 3 is 1.75 bits per heavy atom. The highest BCUT2D eigenvalue weighted by molar-refractivity contribution is 7.53. The van der Waals surface area contributed by atoms with Crippen LogP contribution in [0.5, 0.6) is 0 Å². The van der Waals surface area contributed by atoms with Crippen LogP contribution in [0.25, 0.3) is 0 Å². The molecule has 4 N–H and O–H groups in total. The first-order chi connectivity index (χ1) is 21.0. The van der Waals surface area contributed by atoms with Crippen molar-refractivity contribution in [3.05, 3.63) is 24.3 Å². The fourth-order valence-electron chi connectivity index (χ4n) is 5.10. The fourth-order valence-corrected chi connectivity index (χ4v) is 7.15. The number of carbonyl (C=O) groups is 1.